The fraction of sp³-hybridized carbons (Fsp3) is 0.917. The van der Waals surface area contributed by atoms with E-state index in [2.05, 4.69) is 6.92 Å². The minimum absolute atomic E-state index is 0.201. The van der Waals surface area contributed by atoms with Gasteiger partial charge in [0.25, 0.3) is 0 Å². The van der Waals surface area contributed by atoms with Gasteiger partial charge in [-0.2, -0.15) is 0 Å². The van der Waals surface area contributed by atoms with Gasteiger partial charge in [-0.3, -0.25) is 4.79 Å². The number of carbonyl (C=O) groups is 1. The molecule has 0 radical (unpaired) electrons. The van der Waals surface area contributed by atoms with Crippen LogP contribution in [0.2, 0.25) is 0 Å². The summed E-state index contributed by atoms with van der Waals surface area (Å²) in [6, 6.07) is 0. The molecule has 2 unspecified atom stereocenters. The first-order chi connectivity index (χ1) is 7.54. The second kappa shape index (κ2) is 8.53. The fourth-order valence-electron chi connectivity index (χ4n) is 1.63. The molecule has 0 spiro atoms. The van der Waals surface area contributed by atoms with Crippen molar-refractivity contribution < 1.29 is 9.53 Å². The first kappa shape index (κ1) is 15.4. The van der Waals surface area contributed by atoms with Gasteiger partial charge in [0.1, 0.15) is 0 Å². The van der Waals surface area contributed by atoms with Gasteiger partial charge in [0, 0.05) is 33.2 Å². The van der Waals surface area contributed by atoms with Crippen LogP contribution in [0.15, 0.2) is 0 Å². The number of ether oxygens (including phenoxy) is 1. The summed E-state index contributed by atoms with van der Waals surface area (Å²) in [5, 5.41) is 0. The van der Waals surface area contributed by atoms with Crippen LogP contribution in [0, 0.1) is 11.8 Å². The normalized spacial score (nSPS) is 14.6. The quantitative estimate of drug-likeness (QED) is 0.679. The largest absolute Gasteiger partial charge is 0.384 e. The third-order valence-electron chi connectivity index (χ3n) is 2.64. The average Bonchev–Trinajstić information content (AvgIpc) is 2.25. The zero-order chi connectivity index (χ0) is 12.6. The highest BCUT2D eigenvalue weighted by atomic mass is 16.5. The van der Waals surface area contributed by atoms with E-state index in [1.807, 2.05) is 18.7 Å². The lowest BCUT2D eigenvalue weighted by Gasteiger charge is -2.25. The summed E-state index contributed by atoms with van der Waals surface area (Å²) in [4.78, 5) is 13.8. The predicted octanol–water partition coefficient (Wildman–Crippen LogP) is 1.10. The molecule has 0 heterocycles. The number of nitrogens with zero attached hydrogens (tertiary/aromatic N) is 1. The molecule has 4 heteroatoms. The summed E-state index contributed by atoms with van der Waals surface area (Å²) >= 11 is 0. The van der Waals surface area contributed by atoms with E-state index in [1.54, 1.807) is 7.11 Å². The molecule has 1 amide bonds. The summed E-state index contributed by atoms with van der Waals surface area (Å²) in [5.74, 6) is 0.841. The highest BCUT2D eigenvalue weighted by Gasteiger charge is 2.16. The van der Waals surface area contributed by atoms with Crippen LogP contribution in [0.25, 0.3) is 0 Å². The molecule has 96 valence electrons. The monoisotopic (exact) mass is 230 g/mol. The molecule has 0 aromatic rings. The number of methoxy groups -OCH3 is 1. The van der Waals surface area contributed by atoms with E-state index >= 15 is 0 Å². The molecule has 0 bridgehead atoms. The fourth-order valence-corrected chi connectivity index (χ4v) is 1.63. The molecule has 0 aliphatic carbocycles. The van der Waals surface area contributed by atoms with E-state index in [4.69, 9.17) is 10.5 Å². The van der Waals surface area contributed by atoms with Crippen molar-refractivity contribution in [3.63, 3.8) is 0 Å². The molecule has 0 saturated heterocycles. The Balaban J connectivity index is 4.09. The van der Waals surface area contributed by atoms with E-state index in [0.717, 1.165) is 13.1 Å². The molecule has 16 heavy (non-hydrogen) atoms. The van der Waals surface area contributed by atoms with E-state index in [1.165, 1.54) is 0 Å². The Hall–Kier alpha value is -0.610. The van der Waals surface area contributed by atoms with Gasteiger partial charge >= 0.3 is 0 Å². The maximum atomic E-state index is 11.9. The van der Waals surface area contributed by atoms with Gasteiger partial charge in [-0.25, -0.2) is 0 Å². The molecule has 0 saturated carbocycles. The lowest BCUT2D eigenvalue weighted by molar-refractivity contribution is -0.132. The standard InChI is InChI=1S/C12H26N2O2/c1-5-14(8-11(3)7-13)12(15)6-10(2)9-16-4/h10-11H,5-9,13H2,1-4H3. The molecular weight excluding hydrogens is 204 g/mol. The van der Waals surface area contributed by atoms with Crippen LogP contribution in [0.4, 0.5) is 0 Å². The summed E-state index contributed by atoms with van der Waals surface area (Å²) in [6.07, 6.45) is 0.555. The van der Waals surface area contributed by atoms with Crippen molar-refractivity contribution >= 4 is 5.91 Å². The van der Waals surface area contributed by atoms with Gasteiger partial charge in [-0.1, -0.05) is 13.8 Å². The Morgan fingerprint density at radius 1 is 1.38 bits per heavy atom. The van der Waals surface area contributed by atoms with Crippen LogP contribution in [0.5, 0.6) is 0 Å². The first-order valence-electron chi connectivity index (χ1n) is 6.01. The zero-order valence-corrected chi connectivity index (χ0v) is 11.0. The van der Waals surface area contributed by atoms with Crippen LogP contribution in [-0.2, 0) is 9.53 Å². The van der Waals surface area contributed by atoms with E-state index < -0.39 is 0 Å². The van der Waals surface area contributed by atoms with Crippen LogP contribution in [0.1, 0.15) is 27.2 Å². The number of nitrogens with two attached hydrogens (primary N) is 1. The van der Waals surface area contributed by atoms with Crippen LogP contribution >= 0.6 is 0 Å². The Bertz CT molecular complexity index is 197. The van der Waals surface area contributed by atoms with Crippen molar-refractivity contribution in [3.8, 4) is 0 Å². The molecule has 4 nitrogen and oxygen atoms in total. The van der Waals surface area contributed by atoms with E-state index in [-0.39, 0.29) is 11.8 Å². The zero-order valence-electron chi connectivity index (χ0n) is 11.0. The third-order valence-corrected chi connectivity index (χ3v) is 2.64. The maximum absolute atomic E-state index is 11.9. The molecule has 0 aromatic heterocycles. The van der Waals surface area contributed by atoms with Gasteiger partial charge in [-0.05, 0) is 25.3 Å². The summed E-state index contributed by atoms with van der Waals surface area (Å²) in [6.45, 7) is 8.86. The van der Waals surface area contributed by atoms with Crippen LogP contribution in [-0.4, -0.2) is 44.2 Å². The summed E-state index contributed by atoms with van der Waals surface area (Å²) in [5.41, 5.74) is 5.57. The van der Waals surface area contributed by atoms with Crippen LogP contribution < -0.4 is 5.73 Å². The van der Waals surface area contributed by atoms with Crippen LogP contribution in [0.3, 0.4) is 0 Å². The minimum Gasteiger partial charge on any atom is -0.384 e. The van der Waals surface area contributed by atoms with Gasteiger partial charge in [0.2, 0.25) is 5.91 Å². The number of carbonyl (C=O) groups excluding carboxylic acids is 1. The summed E-state index contributed by atoms with van der Waals surface area (Å²) in [7, 11) is 1.66. The van der Waals surface area contributed by atoms with Crippen molar-refractivity contribution in [2.45, 2.75) is 27.2 Å². The second-order valence-corrected chi connectivity index (χ2v) is 4.54. The van der Waals surface area contributed by atoms with Gasteiger partial charge in [0.05, 0.1) is 0 Å². The number of amides is 1. The molecule has 2 atom stereocenters. The Kier molecular flexibility index (Phi) is 8.21. The SMILES string of the molecule is CCN(CC(C)CN)C(=O)CC(C)COC. The van der Waals surface area contributed by atoms with Gasteiger partial charge in [-0.15, -0.1) is 0 Å². The topological polar surface area (TPSA) is 55.6 Å². The molecular formula is C12H26N2O2. The van der Waals surface area contributed by atoms with E-state index in [0.29, 0.717) is 25.5 Å². The minimum atomic E-state index is 0.201. The van der Waals surface area contributed by atoms with Gasteiger partial charge in [0.15, 0.2) is 0 Å². The highest BCUT2D eigenvalue weighted by Crippen LogP contribution is 2.07. The van der Waals surface area contributed by atoms with Crippen molar-refractivity contribution in [2.75, 3.05) is 33.4 Å². The second-order valence-electron chi connectivity index (χ2n) is 4.54. The highest BCUT2D eigenvalue weighted by molar-refractivity contribution is 5.76. The molecule has 0 aromatic carbocycles. The Morgan fingerprint density at radius 3 is 2.44 bits per heavy atom. The van der Waals surface area contributed by atoms with Crippen molar-refractivity contribution in [1.29, 1.82) is 0 Å². The number of hydrogen-bond donors (Lipinski definition) is 1. The summed E-state index contributed by atoms with van der Waals surface area (Å²) < 4.78 is 5.03. The first-order valence-corrected chi connectivity index (χ1v) is 6.01. The Labute approximate surface area is 99.1 Å². The third kappa shape index (κ3) is 6.08. The van der Waals surface area contributed by atoms with Crippen molar-refractivity contribution in [3.05, 3.63) is 0 Å². The smallest absolute Gasteiger partial charge is 0.222 e. The molecule has 2 N–H and O–H groups in total. The number of rotatable bonds is 8. The van der Waals surface area contributed by atoms with Gasteiger partial charge < -0.3 is 15.4 Å². The van der Waals surface area contributed by atoms with Crippen molar-refractivity contribution in [1.82, 2.24) is 4.90 Å². The molecule has 0 aliphatic rings. The molecule has 0 fully saturated rings. The predicted molar refractivity (Wildman–Crippen MR) is 66.1 cm³/mol. The average molecular weight is 230 g/mol. The number of hydrogen-bond acceptors (Lipinski definition) is 3. The molecule has 0 aliphatic heterocycles. The lowest BCUT2D eigenvalue weighted by atomic mass is 10.1. The van der Waals surface area contributed by atoms with Crippen molar-refractivity contribution in [2.24, 2.45) is 17.6 Å². The maximum Gasteiger partial charge on any atom is 0.222 e. The lowest BCUT2D eigenvalue weighted by Crippen LogP contribution is -2.37. The Morgan fingerprint density at radius 2 is 2.00 bits per heavy atom. The molecule has 0 rings (SSSR count). The van der Waals surface area contributed by atoms with E-state index in [9.17, 15) is 4.79 Å².